The van der Waals surface area contributed by atoms with Crippen molar-refractivity contribution in [3.63, 3.8) is 0 Å². The molecule has 0 saturated heterocycles. The summed E-state index contributed by atoms with van der Waals surface area (Å²) >= 11 is 0. The first kappa shape index (κ1) is 14.8. The van der Waals surface area contributed by atoms with Crippen LogP contribution in [0, 0.1) is 0 Å². The van der Waals surface area contributed by atoms with E-state index in [-0.39, 0.29) is 0 Å². The number of aromatic nitrogens is 2. The second-order valence-corrected chi connectivity index (χ2v) is 5.55. The van der Waals surface area contributed by atoms with E-state index in [9.17, 15) is 0 Å². The molecule has 108 valence electrons. The second kappa shape index (κ2) is 6.71. The molecule has 1 atom stereocenters. The van der Waals surface area contributed by atoms with Crippen LogP contribution in [0.5, 0.6) is 0 Å². The number of hydrogen-bond acceptors (Lipinski definition) is 2. The van der Waals surface area contributed by atoms with Crippen molar-refractivity contribution in [3.05, 3.63) is 53.6 Å². The topological polar surface area (TPSA) is 29.9 Å². The smallest absolute Gasteiger partial charge is 0.122 e. The number of benzene rings is 1. The second-order valence-electron chi connectivity index (χ2n) is 5.55. The van der Waals surface area contributed by atoms with E-state index >= 15 is 0 Å². The van der Waals surface area contributed by atoms with Crippen molar-refractivity contribution in [2.45, 2.75) is 52.7 Å². The summed E-state index contributed by atoms with van der Waals surface area (Å²) in [6, 6.07) is 9.23. The van der Waals surface area contributed by atoms with Crippen molar-refractivity contribution in [2.75, 3.05) is 0 Å². The molecule has 0 aliphatic heterocycles. The molecule has 0 spiro atoms. The van der Waals surface area contributed by atoms with Gasteiger partial charge in [-0.3, -0.25) is 0 Å². The molecular weight excluding hydrogens is 246 g/mol. The molecule has 2 rings (SSSR count). The standard InChI is InChI=1S/C17H25N3/c1-5-20-11-10-18-17(20)12-19-14(4)16-8-6-15(7-9-16)13(2)3/h6-11,13-14,19H,5,12H2,1-4H3. The van der Waals surface area contributed by atoms with Crippen LogP contribution in [-0.2, 0) is 13.1 Å². The summed E-state index contributed by atoms with van der Waals surface area (Å²) in [5.41, 5.74) is 2.71. The van der Waals surface area contributed by atoms with E-state index in [1.807, 2.05) is 12.4 Å². The van der Waals surface area contributed by atoms with Crippen molar-refractivity contribution in [2.24, 2.45) is 0 Å². The molecule has 3 nitrogen and oxygen atoms in total. The fourth-order valence-corrected chi connectivity index (χ4v) is 2.33. The molecule has 0 aliphatic rings. The number of hydrogen-bond donors (Lipinski definition) is 1. The Hall–Kier alpha value is -1.61. The van der Waals surface area contributed by atoms with Gasteiger partial charge in [0.2, 0.25) is 0 Å². The van der Waals surface area contributed by atoms with Gasteiger partial charge in [0.25, 0.3) is 0 Å². The average molecular weight is 271 g/mol. The highest BCUT2D eigenvalue weighted by Gasteiger charge is 2.08. The van der Waals surface area contributed by atoms with Gasteiger partial charge in [0, 0.05) is 25.0 Å². The van der Waals surface area contributed by atoms with E-state index in [0.717, 1.165) is 18.9 Å². The summed E-state index contributed by atoms with van der Waals surface area (Å²) in [4.78, 5) is 4.39. The molecule has 2 aromatic rings. The average Bonchev–Trinajstić information content (AvgIpc) is 2.92. The number of nitrogens with zero attached hydrogens (tertiary/aromatic N) is 2. The summed E-state index contributed by atoms with van der Waals surface area (Å²) in [5, 5.41) is 3.54. The molecule has 1 N–H and O–H groups in total. The molecule has 0 radical (unpaired) electrons. The van der Waals surface area contributed by atoms with Crippen molar-refractivity contribution in [1.29, 1.82) is 0 Å². The van der Waals surface area contributed by atoms with Crippen molar-refractivity contribution >= 4 is 0 Å². The first-order chi connectivity index (χ1) is 9.61. The Balaban J connectivity index is 1.96. The van der Waals surface area contributed by atoms with Gasteiger partial charge in [-0.1, -0.05) is 38.1 Å². The van der Waals surface area contributed by atoms with Gasteiger partial charge in [0.15, 0.2) is 0 Å². The first-order valence-electron chi connectivity index (χ1n) is 7.45. The normalized spacial score (nSPS) is 12.8. The minimum Gasteiger partial charge on any atom is -0.334 e. The van der Waals surface area contributed by atoms with E-state index in [1.54, 1.807) is 0 Å². The Morgan fingerprint density at radius 3 is 2.35 bits per heavy atom. The summed E-state index contributed by atoms with van der Waals surface area (Å²) in [6.07, 6.45) is 3.89. The Bertz CT molecular complexity index is 525. The Morgan fingerprint density at radius 2 is 1.75 bits per heavy atom. The van der Waals surface area contributed by atoms with Crippen LogP contribution in [0.15, 0.2) is 36.7 Å². The maximum Gasteiger partial charge on any atom is 0.122 e. The van der Waals surface area contributed by atoms with Gasteiger partial charge in [-0.05, 0) is 30.9 Å². The summed E-state index contributed by atoms with van der Waals surface area (Å²) in [7, 11) is 0. The SMILES string of the molecule is CCn1ccnc1CNC(C)c1ccc(C(C)C)cc1. The molecule has 3 heteroatoms. The molecule has 0 amide bonds. The summed E-state index contributed by atoms with van der Waals surface area (Å²) < 4.78 is 2.17. The predicted molar refractivity (Wildman–Crippen MR) is 83.7 cm³/mol. The van der Waals surface area contributed by atoms with Crippen molar-refractivity contribution in [1.82, 2.24) is 14.9 Å². The van der Waals surface area contributed by atoms with Crippen LogP contribution in [0.2, 0.25) is 0 Å². The third-order valence-corrected chi connectivity index (χ3v) is 3.81. The van der Waals surface area contributed by atoms with Crippen LogP contribution in [0.1, 0.15) is 56.6 Å². The van der Waals surface area contributed by atoms with E-state index in [2.05, 4.69) is 66.8 Å². The van der Waals surface area contributed by atoms with E-state index in [1.165, 1.54) is 11.1 Å². The minimum atomic E-state index is 0.332. The third-order valence-electron chi connectivity index (χ3n) is 3.81. The number of nitrogens with one attached hydrogen (secondary N) is 1. The molecule has 1 heterocycles. The van der Waals surface area contributed by atoms with Gasteiger partial charge >= 0.3 is 0 Å². The van der Waals surface area contributed by atoms with Gasteiger partial charge in [-0.2, -0.15) is 0 Å². The lowest BCUT2D eigenvalue weighted by Gasteiger charge is -2.15. The Kier molecular flexibility index (Phi) is 4.96. The van der Waals surface area contributed by atoms with E-state index in [4.69, 9.17) is 0 Å². The number of rotatable bonds is 6. The summed E-state index contributed by atoms with van der Waals surface area (Å²) in [6.45, 7) is 10.5. The number of imidazole rings is 1. The molecule has 1 aromatic heterocycles. The first-order valence-corrected chi connectivity index (χ1v) is 7.45. The zero-order valence-corrected chi connectivity index (χ0v) is 12.9. The lowest BCUT2D eigenvalue weighted by molar-refractivity contribution is 0.540. The molecular formula is C17H25N3. The summed E-state index contributed by atoms with van der Waals surface area (Å²) in [5.74, 6) is 1.68. The lowest BCUT2D eigenvalue weighted by Crippen LogP contribution is -2.20. The quantitative estimate of drug-likeness (QED) is 0.864. The van der Waals surface area contributed by atoms with Crippen molar-refractivity contribution < 1.29 is 0 Å². The molecule has 0 fully saturated rings. The van der Waals surface area contributed by atoms with Gasteiger partial charge in [0.05, 0.1) is 6.54 Å². The molecule has 1 unspecified atom stereocenters. The largest absolute Gasteiger partial charge is 0.334 e. The van der Waals surface area contributed by atoms with Crippen LogP contribution >= 0.6 is 0 Å². The van der Waals surface area contributed by atoms with Gasteiger partial charge in [0.1, 0.15) is 5.82 Å². The molecule has 0 bridgehead atoms. The lowest BCUT2D eigenvalue weighted by atomic mass is 9.99. The monoisotopic (exact) mass is 271 g/mol. The Morgan fingerprint density at radius 1 is 1.10 bits per heavy atom. The highest BCUT2D eigenvalue weighted by Crippen LogP contribution is 2.18. The van der Waals surface area contributed by atoms with Crippen LogP contribution < -0.4 is 5.32 Å². The zero-order valence-electron chi connectivity index (χ0n) is 12.9. The van der Waals surface area contributed by atoms with Gasteiger partial charge < -0.3 is 9.88 Å². The highest BCUT2D eigenvalue weighted by molar-refractivity contribution is 5.26. The zero-order chi connectivity index (χ0) is 14.5. The fraction of sp³-hybridized carbons (Fsp3) is 0.471. The minimum absolute atomic E-state index is 0.332. The molecule has 0 saturated carbocycles. The van der Waals surface area contributed by atoms with E-state index < -0.39 is 0 Å². The fourth-order valence-electron chi connectivity index (χ4n) is 2.33. The maximum absolute atomic E-state index is 4.39. The van der Waals surface area contributed by atoms with Gasteiger partial charge in [-0.15, -0.1) is 0 Å². The van der Waals surface area contributed by atoms with Crippen LogP contribution in [0.4, 0.5) is 0 Å². The maximum atomic E-state index is 4.39. The highest BCUT2D eigenvalue weighted by atomic mass is 15.1. The van der Waals surface area contributed by atoms with E-state index in [0.29, 0.717) is 12.0 Å². The molecule has 20 heavy (non-hydrogen) atoms. The van der Waals surface area contributed by atoms with Crippen molar-refractivity contribution in [3.8, 4) is 0 Å². The third kappa shape index (κ3) is 3.48. The predicted octanol–water partition coefficient (Wildman–Crippen LogP) is 3.88. The Labute approximate surface area is 122 Å². The molecule has 0 aliphatic carbocycles. The van der Waals surface area contributed by atoms with Crippen LogP contribution in [-0.4, -0.2) is 9.55 Å². The molecule has 1 aromatic carbocycles. The van der Waals surface area contributed by atoms with Crippen LogP contribution in [0.25, 0.3) is 0 Å². The van der Waals surface area contributed by atoms with Gasteiger partial charge in [-0.25, -0.2) is 4.98 Å². The van der Waals surface area contributed by atoms with Crippen LogP contribution in [0.3, 0.4) is 0 Å². The number of aryl methyl sites for hydroxylation is 1.